The molecule has 0 spiro atoms. The normalized spacial score (nSPS) is 10.4. The molecule has 0 bridgehead atoms. The van der Waals surface area contributed by atoms with Crippen molar-refractivity contribution < 1.29 is 9.15 Å². The molecule has 4 nitrogen and oxygen atoms in total. The Hall–Kier alpha value is -0.520. The van der Waals surface area contributed by atoms with Crippen LogP contribution in [-0.2, 0) is 4.74 Å². The van der Waals surface area contributed by atoms with Gasteiger partial charge in [0.1, 0.15) is 6.26 Å². The largest absolute Gasteiger partial charge is 0.440 e. The van der Waals surface area contributed by atoms with Gasteiger partial charge in [-0.05, 0) is 0 Å². The number of oxazole rings is 1. The topological polar surface area (TPSA) is 61.3 Å². The zero-order valence-electron chi connectivity index (χ0n) is 6.73. The van der Waals surface area contributed by atoms with Gasteiger partial charge in [0.05, 0.1) is 19.4 Å². The lowest BCUT2D eigenvalue weighted by atomic mass is 10.7. The summed E-state index contributed by atoms with van der Waals surface area (Å²) in [5.41, 5.74) is 5.24. The first-order valence-corrected chi connectivity index (χ1v) is 4.72. The van der Waals surface area contributed by atoms with Crippen LogP contribution < -0.4 is 5.73 Å². The summed E-state index contributed by atoms with van der Waals surface area (Å²) < 4.78 is 10.2. The molecule has 0 radical (unpaired) electrons. The summed E-state index contributed by atoms with van der Waals surface area (Å²) in [7, 11) is 0. The number of aromatic nitrogens is 1. The summed E-state index contributed by atoms with van der Waals surface area (Å²) in [5.74, 6) is 0.848. The van der Waals surface area contributed by atoms with Crippen molar-refractivity contribution in [2.45, 2.75) is 5.22 Å². The second-order valence-corrected chi connectivity index (χ2v) is 3.09. The highest BCUT2D eigenvalue weighted by molar-refractivity contribution is 7.99. The Labute approximate surface area is 75.5 Å². The van der Waals surface area contributed by atoms with Gasteiger partial charge in [0.15, 0.2) is 0 Å². The van der Waals surface area contributed by atoms with Gasteiger partial charge in [0, 0.05) is 12.3 Å². The first-order chi connectivity index (χ1) is 5.93. The van der Waals surface area contributed by atoms with Crippen LogP contribution in [0.15, 0.2) is 22.1 Å². The van der Waals surface area contributed by atoms with Crippen LogP contribution >= 0.6 is 11.8 Å². The third kappa shape index (κ3) is 3.75. The maximum Gasteiger partial charge on any atom is 0.255 e. The SMILES string of the molecule is NCCOCCSc1ncco1. The molecule has 1 aromatic rings. The van der Waals surface area contributed by atoms with E-state index in [1.54, 1.807) is 12.5 Å². The summed E-state index contributed by atoms with van der Waals surface area (Å²) in [4.78, 5) is 3.95. The lowest BCUT2D eigenvalue weighted by molar-refractivity contribution is 0.158. The molecule has 2 N–H and O–H groups in total. The van der Waals surface area contributed by atoms with E-state index in [4.69, 9.17) is 14.9 Å². The molecule has 0 aliphatic heterocycles. The van der Waals surface area contributed by atoms with Crippen LogP contribution in [0, 0.1) is 0 Å². The fraction of sp³-hybridized carbons (Fsp3) is 0.571. The molecule has 0 aliphatic rings. The molecule has 0 saturated carbocycles. The highest BCUT2D eigenvalue weighted by Crippen LogP contribution is 2.13. The van der Waals surface area contributed by atoms with Gasteiger partial charge >= 0.3 is 0 Å². The third-order valence-electron chi connectivity index (χ3n) is 1.13. The predicted molar refractivity (Wildman–Crippen MR) is 47.1 cm³/mol. The summed E-state index contributed by atoms with van der Waals surface area (Å²) in [6.07, 6.45) is 3.19. The van der Waals surface area contributed by atoms with E-state index >= 15 is 0 Å². The molecule has 68 valence electrons. The summed E-state index contributed by atoms with van der Waals surface area (Å²) in [5, 5.41) is 0.686. The van der Waals surface area contributed by atoms with Gasteiger partial charge < -0.3 is 14.9 Å². The average molecular weight is 188 g/mol. The van der Waals surface area contributed by atoms with E-state index in [1.807, 2.05) is 0 Å². The van der Waals surface area contributed by atoms with Crippen molar-refractivity contribution in [2.24, 2.45) is 5.73 Å². The molecule has 0 saturated heterocycles. The van der Waals surface area contributed by atoms with Crippen molar-refractivity contribution in [1.82, 2.24) is 4.98 Å². The standard InChI is InChI=1S/C7H12N2O2S/c8-1-3-10-5-6-12-7-9-2-4-11-7/h2,4H,1,3,5-6,8H2. The Kier molecular flexibility index (Phi) is 4.82. The van der Waals surface area contributed by atoms with Crippen LogP contribution in [0.3, 0.4) is 0 Å². The summed E-state index contributed by atoms with van der Waals surface area (Å²) in [6.45, 7) is 1.88. The maximum atomic E-state index is 5.24. The van der Waals surface area contributed by atoms with Crippen LogP contribution in [0.4, 0.5) is 0 Å². The van der Waals surface area contributed by atoms with Crippen molar-refractivity contribution in [3.8, 4) is 0 Å². The molecule has 0 amide bonds. The molecule has 1 heterocycles. The van der Waals surface area contributed by atoms with Crippen molar-refractivity contribution in [2.75, 3.05) is 25.5 Å². The van der Waals surface area contributed by atoms with Crippen LogP contribution in [0.25, 0.3) is 0 Å². The molecular formula is C7H12N2O2S. The van der Waals surface area contributed by atoms with E-state index in [0.29, 0.717) is 25.0 Å². The summed E-state index contributed by atoms with van der Waals surface area (Å²) in [6, 6.07) is 0. The fourth-order valence-corrected chi connectivity index (χ4v) is 1.29. The molecule has 1 rings (SSSR count). The number of ether oxygens (including phenoxy) is 1. The second kappa shape index (κ2) is 6.05. The van der Waals surface area contributed by atoms with Gasteiger partial charge in [-0.2, -0.15) is 0 Å². The van der Waals surface area contributed by atoms with Crippen molar-refractivity contribution >= 4 is 11.8 Å². The molecule has 5 heteroatoms. The van der Waals surface area contributed by atoms with Crippen LogP contribution in [0.5, 0.6) is 0 Å². The maximum absolute atomic E-state index is 5.24. The van der Waals surface area contributed by atoms with Crippen LogP contribution in [-0.4, -0.2) is 30.5 Å². The second-order valence-electron chi connectivity index (χ2n) is 2.05. The molecule has 0 fully saturated rings. The lowest BCUT2D eigenvalue weighted by Crippen LogP contribution is -2.09. The molecular weight excluding hydrogens is 176 g/mol. The quantitative estimate of drug-likeness (QED) is 0.527. The van der Waals surface area contributed by atoms with E-state index < -0.39 is 0 Å². The number of nitrogens with zero attached hydrogens (tertiary/aromatic N) is 1. The minimum absolute atomic E-state index is 0.573. The zero-order chi connectivity index (χ0) is 8.65. The Morgan fingerprint density at radius 2 is 2.50 bits per heavy atom. The van der Waals surface area contributed by atoms with E-state index in [2.05, 4.69) is 4.98 Å². The van der Waals surface area contributed by atoms with Gasteiger partial charge in [0.2, 0.25) is 0 Å². The number of rotatable bonds is 6. The molecule has 1 aromatic heterocycles. The number of hydrogen-bond acceptors (Lipinski definition) is 5. The van der Waals surface area contributed by atoms with E-state index in [0.717, 1.165) is 5.75 Å². The van der Waals surface area contributed by atoms with Gasteiger partial charge in [-0.25, -0.2) is 4.98 Å². The molecule has 0 unspecified atom stereocenters. The minimum atomic E-state index is 0.573. The van der Waals surface area contributed by atoms with E-state index in [9.17, 15) is 0 Å². The highest BCUT2D eigenvalue weighted by atomic mass is 32.2. The van der Waals surface area contributed by atoms with Crippen LogP contribution in [0.2, 0.25) is 0 Å². The van der Waals surface area contributed by atoms with E-state index in [-0.39, 0.29) is 0 Å². The number of thioether (sulfide) groups is 1. The van der Waals surface area contributed by atoms with E-state index in [1.165, 1.54) is 11.8 Å². The van der Waals surface area contributed by atoms with Crippen LogP contribution in [0.1, 0.15) is 0 Å². The third-order valence-corrected chi connectivity index (χ3v) is 1.94. The monoisotopic (exact) mass is 188 g/mol. The van der Waals surface area contributed by atoms with Crippen molar-refractivity contribution in [3.63, 3.8) is 0 Å². The number of nitrogens with two attached hydrogens (primary N) is 1. The van der Waals surface area contributed by atoms with Gasteiger partial charge in [-0.3, -0.25) is 0 Å². The Balaban J connectivity index is 1.96. The van der Waals surface area contributed by atoms with Crippen molar-refractivity contribution in [3.05, 3.63) is 12.5 Å². The van der Waals surface area contributed by atoms with Gasteiger partial charge in [-0.15, -0.1) is 0 Å². The van der Waals surface area contributed by atoms with Gasteiger partial charge in [-0.1, -0.05) is 11.8 Å². The Bertz CT molecular complexity index is 191. The molecule has 12 heavy (non-hydrogen) atoms. The smallest absolute Gasteiger partial charge is 0.255 e. The van der Waals surface area contributed by atoms with Crippen molar-refractivity contribution in [1.29, 1.82) is 0 Å². The van der Waals surface area contributed by atoms with Gasteiger partial charge in [0.25, 0.3) is 5.22 Å². The zero-order valence-corrected chi connectivity index (χ0v) is 7.55. The Morgan fingerprint density at radius 3 is 3.17 bits per heavy atom. The molecule has 0 aromatic carbocycles. The fourth-order valence-electron chi connectivity index (χ4n) is 0.655. The first-order valence-electron chi connectivity index (χ1n) is 3.73. The minimum Gasteiger partial charge on any atom is -0.440 e. The predicted octanol–water partition coefficient (Wildman–Crippen LogP) is 0.742. The molecule has 0 atom stereocenters. The Morgan fingerprint density at radius 1 is 1.58 bits per heavy atom. The summed E-state index contributed by atoms with van der Waals surface area (Å²) >= 11 is 1.53. The number of hydrogen-bond donors (Lipinski definition) is 1. The average Bonchev–Trinajstić information content (AvgIpc) is 2.57. The lowest BCUT2D eigenvalue weighted by Gasteiger charge is -1.99. The first kappa shape index (κ1) is 9.57. The molecule has 0 aliphatic carbocycles. The highest BCUT2D eigenvalue weighted by Gasteiger charge is 1.96.